The SMILES string of the molecule is FB(F)F.O=S(=O)(O)O.[CH2-]CC.[Li+]. The Balaban J connectivity index is -0.0000000465. The third-order valence-corrected chi connectivity index (χ3v) is 0. The van der Waals surface area contributed by atoms with Gasteiger partial charge in [-0.25, -0.2) is 0 Å². The largest absolute Gasteiger partial charge is 1.00 e. The van der Waals surface area contributed by atoms with Gasteiger partial charge < -0.3 is 6.92 Å². The second kappa shape index (κ2) is 14.8. The minimum Gasteiger partial charge on any atom is -0.344 e. The summed E-state index contributed by atoms with van der Waals surface area (Å²) in [5.41, 5.74) is 0. The topological polar surface area (TPSA) is 74.6 Å². The van der Waals surface area contributed by atoms with Crippen molar-refractivity contribution in [2.75, 3.05) is 0 Å². The summed E-state index contributed by atoms with van der Waals surface area (Å²) in [6.45, 7) is 5.50. The molecule has 0 bridgehead atoms. The zero-order chi connectivity index (χ0) is 10.8. The molecule has 0 radical (unpaired) electrons. The smallest absolute Gasteiger partial charge is 0.344 e. The van der Waals surface area contributed by atoms with Crippen molar-refractivity contribution in [3.05, 3.63) is 6.92 Å². The first-order chi connectivity index (χ1) is 5.15. The molecule has 0 aliphatic carbocycles. The molecule has 0 heterocycles. The maximum absolute atomic E-state index is 9.67. The van der Waals surface area contributed by atoms with E-state index in [1.54, 1.807) is 0 Å². The fourth-order valence-electron chi connectivity index (χ4n) is 0. The standard InChI is InChI=1S/C3H7.BF3.Li.H2O4S/c1-3-2;2-1(3)4;;1-5(2,3)4/h1,3H2,2H3;;;(H2,1,2,3,4)/q-1;;+1;. The van der Waals surface area contributed by atoms with Crippen LogP contribution in [-0.2, 0) is 10.4 Å². The predicted molar refractivity (Wildman–Crippen MR) is 38.9 cm³/mol. The minimum atomic E-state index is -4.67. The fourth-order valence-corrected chi connectivity index (χ4v) is 0. The first-order valence-electron chi connectivity index (χ1n) is 2.56. The van der Waals surface area contributed by atoms with Crippen LogP contribution in [0.2, 0.25) is 0 Å². The van der Waals surface area contributed by atoms with Crippen molar-refractivity contribution >= 4 is 17.9 Å². The van der Waals surface area contributed by atoms with Crippen LogP contribution < -0.4 is 18.9 Å². The molecule has 0 atom stereocenters. The normalized spacial score (nSPS) is 7.92. The molecular formula is C3H9BF3LiO4S. The number of hydrogen-bond acceptors (Lipinski definition) is 2. The number of hydrogen-bond donors (Lipinski definition) is 2. The van der Waals surface area contributed by atoms with E-state index < -0.39 is 17.9 Å². The molecule has 0 aromatic heterocycles. The first-order valence-corrected chi connectivity index (χ1v) is 3.96. The van der Waals surface area contributed by atoms with Gasteiger partial charge in [0.05, 0.1) is 0 Å². The molecule has 0 aliphatic rings. The van der Waals surface area contributed by atoms with Gasteiger partial charge in [-0.1, -0.05) is 6.92 Å². The number of rotatable bonds is 0. The maximum atomic E-state index is 9.67. The van der Waals surface area contributed by atoms with E-state index in [4.69, 9.17) is 17.5 Å². The van der Waals surface area contributed by atoms with E-state index in [9.17, 15) is 12.9 Å². The molecule has 13 heavy (non-hydrogen) atoms. The minimum absolute atomic E-state index is 0. The average Bonchev–Trinajstić information content (AvgIpc) is 1.56. The predicted octanol–water partition coefficient (Wildman–Crippen LogP) is -1.54. The quantitative estimate of drug-likeness (QED) is 0.292. The summed E-state index contributed by atoms with van der Waals surface area (Å²) >= 11 is 0. The van der Waals surface area contributed by atoms with E-state index in [0.717, 1.165) is 6.42 Å². The molecule has 0 aliphatic heterocycles. The third-order valence-electron chi connectivity index (χ3n) is 0. The molecule has 0 saturated heterocycles. The molecule has 0 fully saturated rings. The molecule has 2 N–H and O–H groups in total. The van der Waals surface area contributed by atoms with Crippen molar-refractivity contribution in [3.63, 3.8) is 0 Å². The Morgan fingerprint density at radius 1 is 1.31 bits per heavy atom. The molecule has 0 unspecified atom stereocenters. The molecule has 0 rings (SSSR count). The Kier molecular flexibility index (Phi) is 26.5. The van der Waals surface area contributed by atoms with E-state index in [-0.39, 0.29) is 18.9 Å². The van der Waals surface area contributed by atoms with Gasteiger partial charge in [-0.05, 0) is 0 Å². The van der Waals surface area contributed by atoms with Crippen LogP contribution >= 0.6 is 0 Å². The Hall–Kier alpha value is 0.322. The van der Waals surface area contributed by atoms with E-state index >= 15 is 0 Å². The Labute approximate surface area is 87.9 Å². The van der Waals surface area contributed by atoms with Gasteiger partial charge in [-0.3, -0.25) is 22.1 Å². The Morgan fingerprint density at radius 3 is 1.31 bits per heavy atom. The Bertz CT molecular complexity index is 153. The first kappa shape index (κ1) is 23.3. The molecule has 0 spiro atoms. The summed E-state index contributed by atoms with van der Waals surface area (Å²) in [5.74, 6) is 0. The summed E-state index contributed by atoms with van der Waals surface area (Å²) in [5, 5.41) is 0. The van der Waals surface area contributed by atoms with Gasteiger partial charge in [0.2, 0.25) is 0 Å². The van der Waals surface area contributed by atoms with E-state index in [2.05, 4.69) is 6.92 Å². The van der Waals surface area contributed by atoms with E-state index in [1.807, 2.05) is 6.92 Å². The van der Waals surface area contributed by atoms with Crippen molar-refractivity contribution in [2.45, 2.75) is 13.3 Å². The maximum Gasteiger partial charge on any atom is 1.00 e. The van der Waals surface area contributed by atoms with E-state index in [0.29, 0.717) is 0 Å². The molecule has 0 aromatic rings. The van der Waals surface area contributed by atoms with Crippen LogP contribution in [0.4, 0.5) is 12.9 Å². The monoisotopic (exact) mass is 216 g/mol. The molecule has 4 nitrogen and oxygen atoms in total. The summed E-state index contributed by atoms with van der Waals surface area (Å²) in [6, 6.07) is 0. The molecule has 10 heteroatoms. The zero-order valence-corrected chi connectivity index (χ0v) is 8.06. The Morgan fingerprint density at radius 2 is 1.31 bits per heavy atom. The summed E-state index contributed by atoms with van der Waals surface area (Å²) in [4.78, 5) is 0. The van der Waals surface area contributed by atoms with Crippen molar-refractivity contribution in [3.8, 4) is 0 Å². The summed E-state index contributed by atoms with van der Waals surface area (Å²) in [7, 11) is -8.33. The van der Waals surface area contributed by atoms with Crippen molar-refractivity contribution < 1.29 is 49.3 Å². The second-order valence-corrected chi connectivity index (χ2v) is 2.09. The molecule has 0 amide bonds. The van der Waals surface area contributed by atoms with Crippen LogP contribution in [0.1, 0.15) is 13.3 Å². The molecule has 76 valence electrons. The average molecular weight is 216 g/mol. The van der Waals surface area contributed by atoms with Crippen LogP contribution in [0.25, 0.3) is 0 Å². The van der Waals surface area contributed by atoms with E-state index in [1.165, 1.54) is 0 Å². The van der Waals surface area contributed by atoms with Gasteiger partial charge >= 0.3 is 36.8 Å². The molecule has 0 aromatic carbocycles. The van der Waals surface area contributed by atoms with Gasteiger partial charge in [0.25, 0.3) is 0 Å². The molecule has 0 saturated carbocycles. The van der Waals surface area contributed by atoms with Crippen molar-refractivity contribution in [1.29, 1.82) is 0 Å². The van der Waals surface area contributed by atoms with Gasteiger partial charge in [-0.2, -0.15) is 14.8 Å². The summed E-state index contributed by atoms with van der Waals surface area (Å²) in [6.07, 6.45) is 1.00. The third kappa shape index (κ3) is 12600. The van der Waals surface area contributed by atoms with Gasteiger partial charge in [0.15, 0.2) is 0 Å². The van der Waals surface area contributed by atoms with Crippen LogP contribution in [0.15, 0.2) is 0 Å². The van der Waals surface area contributed by atoms with Gasteiger partial charge in [-0.15, -0.1) is 0 Å². The second-order valence-electron chi connectivity index (χ2n) is 1.20. The van der Waals surface area contributed by atoms with Crippen LogP contribution in [0.3, 0.4) is 0 Å². The van der Waals surface area contributed by atoms with Gasteiger partial charge in [0, 0.05) is 0 Å². The van der Waals surface area contributed by atoms with Crippen LogP contribution in [0.5, 0.6) is 0 Å². The summed E-state index contributed by atoms with van der Waals surface area (Å²) < 4.78 is 60.6. The zero-order valence-electron chi connectivity index (χ0n) is 7.24. The number of halogens is 3. The van der Waals surface area contributed by atoms with Crippen LogP contribution in [-0.4, -0.2) is 25.1 Å². The van der Waals surface area contributed by atoms with Crippen molar-refractivity contribution in [2.24, 2.45) is 0 Å². The van der Waals surface area contributed by atoms with Crippen LogP contribution in [0, 0.1) is 6.92 Å². The van der Waals surface area contributed by atoms with Gasteiger partial charge in [0.1, 0.15) is 0 Å². The molecular weight excluding hydrogens is 207 g/mol. The fraction of sp³-hybridized carbons (Fsp3) is 0.667. The van der Waals surface area contributed by atoms with Crippen molar-refractivity contribution in [1.82, 2.24) is 0 Å².